The van der Waals surface area contributed by atoms with E-state index in [0.717, 1.165) is 31.2 Å². The van der Waals surface area contributed by atoms with Crippen molar-refractivity contribution in [2.75, 3.05) is 13.1 Å². The summed E-state index contributed by atoms with van der Waals surface area (Å²) in [7, 11) is 0. The van der Waals surface area contributed by atoms with Crippen molar-refractivity contribution in [3.05, 3.63) is 71.3 Å². The third-order valence-electron chi connectivity index (χ3n) is 8.99. The summed E-state index contributed by atoms with van der Waals surface area (Å²) in [6, 6.07) is 16.0. The molecule has 1 saturated carbocycles. The maximum Gasteiger partial charge on any atom is 0.282 e. The molecule has 5 rings (SSSR count). The van der Waals surface area contributed by atoms with Gasteiger partial charge in [0.2, 0.25) is 6.04 Å². The monoisotopic (exact) mass is 532 g/mol. The fraction of sp³-hybridized carbons (Fsp3) is 0.531. The van der Waals surface area contributed by atoms with Crippen LogP contribution in [-0.4, -0.2) is 63.2 Å². The van der Waals surface area contributed by atoms with Crippen LogP contribution in [0.5, 0.6) is 0 Å². The summed E-state index contributed by atoms with van der Waals surface area (Å²) in [6.07, 6.45) is 4.76. The maximum atomic E-state index is 14.0. The molecule has 6 atom stereocenters. The first-order valence-electron chi connectivity index (χ1n) is 14.4. The van der Waals surface area contributed by atoms with Crippen molar-refractivity contribution in [3.8, 4) is 0 Å². The van der Waals surface area contributed by atoms with Crippen molar-refractivity contribution < 1.29 is 24.2 Å². The molecule has 3 aliphatic rings. The molecule has 2 aliphatic heterocycles. The smallest absolute Gasteiger partial charge is 0.282 e. The quantitative estimate of drug-likeness (QED) is 0.398. The molecule has 1 aliphatic carbocycles. The van der Waals surface area contributed by atoms with Crippen LogP contribution in [0.15, 0.2) is 54.6 Å². The van der Waals surface area contributed by atoms with Crippen LogP contribution in [0.4, 0.5) is 0 Å². The standard InChI is InChI=1S/C32H41N3O4/c1-21(34-30(37)25-16-10-11-17-26(25)31(34)38)18-19-35(39)20-23-14-8-9-15-24(23)27(22-12-6-5-7-13-22)28(35)29(36)33-32(2,3)4/h5-7,10-13,16-17,21,23-24,27-28,39H,8-9,14-15,18-20H2,1-4H3/p+1/t21?,23-,24+,27?,28+,35-/m1/s1. The van der Waals surface area contributed by atoms with Crippen LogP contribution < -0.4 is 5.32 Å². The van der Waals surface area contributed by atoms with Crippen molar-refractivity contribution in [1.29, 1.82) is 0 Å². The predicted octanol–water partition coefficient (Wildman–Crippen LogP) is 5.15. The molecule has 7 nitrogen and oxygen atoms in total. The van der Waals surface area contributed by atoms with Crippen LogP contribution in [0.25, 0.3) is 0 Å². The summed E-state index contributed by atoms with van der Waals surface area (Å²) in [6.45, 7) is 8.54. The maximum absolute atomic E-state index is 14.0. The number of imide groups is 1. The highest BCUT2D eigenvalue weighted by molar-refractivity contribution is 6.21. The summed E-state index contributed by atoms with van der Waals surface area (Å²) >= 11 is 0. The van der Waals surface area contributed by atoms with Crippen LogP contribution in [0.1, 0.15) is 92.0 Å². The van der Waals surface area contributed by atoms with Crippen LogP contribution in [-0.2, 0) is 4.79 Å². The number of hydrogen-bond acceptors (Lipinski definition) is 4. The topological polar surface area (TPSA) is 86.7 Å². The Hall–Kier alpha value is -3.03. The first kappa shape index (κ1) is 27.5. The largest absolute Gasteiger partial charge is 0.346 e. The number of amides is 3. The molecule has 2 fully saturated rings. The molecule has 2 aromatic carbocycles. The lowest BCUT2D eigenvalue weighted by molar-refractivity contribution is -1.12. The van der Waals surface area contributed by atoms with Crippen LogP contribution in [0.2, 0.25) is 0 Å². The molecule has 208 valence electrons. The lowest BCUT2D eigenvalue weighted by atomic mass is 9.64. The second-order valence-corrected chi connectivity index (χ2v) is 12.9. The lowest BCUT2D eigenvalue weighted by Crippen LogP contribution is -2.69. The summed E-state index contributed by atoms with van der Waals surface area (Å²) in [5, 5.41) is 15.6. The first-order chi connectivity index (χ1) is 18.5. The molecule has 39 heavy (non-hydrogen) atoms. The van der Waals surface area contributed by atoms with E-state index in [4.69, 9.17) is 0 Å². The summed E-state index contributed by atoms with van der Waals surface area (Å²) in [4.78, 5) is 41.6. The molecule has 0 radical (unpaired) electrons. The molecule has 0 spiro atoms. The Balaban J connectivity index is 1.46. The van der Waals surface area contributed by atoms with Crippen molar-refractivity contribution in [2.45, 2.75) is 83.3 Å². The molecule has 2 aromatic rings. The van der Waals surface area contributed by atoms with Crippen molar-refractivity contribution in [2.24, 2.45) is 11.8 Å². The van der Waals surface area contributed by atoms with Gasteiger partial charge in [-0.3, -0.25) is 19.3 Å². The van der Waals surface area contributed by atoms with Gasteiger partial charge in [0, 0.05) is 23.9 Å². The zero-order valence-corrected chi connectivity index (χ0v) is 23.6. The Kier molecular flexibility index (Phi) is 7.42. The van der Waals surface area contributed by atoms with E-state index in [1.165, 1.54) is 4.90 Å². The highest BCUT2D eigenvalue weighted by atomic mass is 16.5. The number of carbonyl (C=O) groups excluding carboxylic acids is 3. The average Bonchev–Trinajstić information content (AvgIpc) is 3.15. The van der Waals surface area contributed by atoms with Gasteiger partial charge in [-0.05, 0) is 64.2 Å². The average molecular weight is 533 g/mol. The van der Waals surface area contributed by atoms with E-state index < -0.39 is 17.6 Å². The number of benzene rings is 2. The van der Waals surface area contributed by atoms with Gasteiger partial charge in [-0.25, -0.2) is 5.21 Å². The Morgan fingerprint density at radius 3 is 2.21 bits per heavy atom. The zero-order chi connectivity index (χ0) is 27.9. The number of fused-ring (bicyclic) bond motifs is 2. The van der Waals surface area contributed by atoms with E-state index in [1.807, 2.05) is 45.9 Å². The van der Waals surface area contributed by atoms with E-state index in [-0.39, 0.29) is 34.8 Å². The van der Waals surface area contributed by atoms with E-state index in [1.54, 1.807) is 24.3 Å². The molecule has 1 saturated heterocycles. The predicted molar refractivity (Wildman–Crippen MR) is 149 cm³/mol. The Morgan fingerprint density at radius 1 is 1.00 bits per heavy atom. The van der Waals surface area contributed by atoms with Gasteiger partial charge in [0.05, 0.1) is 17.0 Å². The van der Waals surface area contributed by atoms with Gasteiger partial charge in [-0.15, -0.1) is 0 Å². The van der Waals surface area contributed by atoms with Gasteiger partial charge in [0.15, 0.2) is 0 Å². The van der Waals surface area contributed by atoms with Crippen LogP contribution in [0, 0.1) is 11.8 Å². The molecule has 3 amide bonds. The van der Waals surface area contributed by atoms with Gasteiger partial charge < -0.3 is 5.32 Å². The molecule has 2 heterocycles. The van der Waals surface area contributed by atoms with Crippen molar-refractivity contribution >= 4 is 17.7 Å². The van der Waals surface area contributed by atoms with Gasteiger partial charge >= 0.3 is 0 Å². The van der Waals surface area contributed by atoms with Gasteiger partial charge in [-0.2, -0.15) is 4.65 Å². The van der Waals surface area contributed by atoms with Crippen LogP contribution >= 0.6 is 0 Å². The fourth-order valence-corrected chi connectivity index (χ4v) is 7.30. The molecular weight excluding hydrogens is 490 g/mol. The minimum Gasteiger partial charge on any atom is -0.346 e. The number of nitrogens with one attached hydrogen (secondary N) is 1. The second kappa shape index (κ2) is 10.5. The number of piperidine rings is 1. The Bertz CT molecular complexity index is 1200. The highest BCUT2D eigenvalue weighted by Gasteiger charge is 2.58. The minimum atomic E-state index is -0.680. The summed E-state index contributed by atoms with van der Waals surface area (Å²) in [5.41, 5.74) is 1.50. The van der Waals surface area contributed by atoms with E-state index in [2.05, 4.69) is 17.4 Å². The Morgan fingerprint density at radius 2 is 1.59 bits per heavy atom. The molecule has 7 heteroatoms. The number of nitrogens with zero attached hydrogens (tertiary/aromatic N) is 2. The minimum absolute atomic E-state index is 0.118. The molecule has 0 bridgehead atoms. The number of hydroxylamine groups is 3. The second-order valence-electron chi connectivity index (χ2n) is 12.9. The number of rotatable bonds is 6. The highest BCUT2D eigenvalue weighted by Crippen LogP contribution is 2.49. The van der Waals surface area contributed by atoms with E-state index in [9.17, 15) is 19.6 Å². The number of likely N-dealkylation sites (tertiary alicyclic amines) is 1. The number of carbonyl (C=O) groups is 3. The lowest BCUT2D eigenvalue weighted by Gasteiger charge is -2.52. The van der Waals surface area contributed by atoms with Gasteiger partial charge in [0.25, 0.3) is 17.7 Å². The first-order valence-corrected chi connectivity index (χ1v) is 14.4. The fourth-order valence-electron chi connectivity index (χ4n) is 7.30. The molecule has 2 N–H and O–H groups in total. The van der Waals surface area contributed by atoms with Crippen molar-refractivity contribution in [1.82, 2.24) is 10.2 Å². The van der Waals surface area contributed by atoms with Gasteiger partial charge in [0.1, 0.15) is 13.1 Å². The van der Waals surface area contributed by atoms with E-state index in [0.29, 0.717) is 35.9 Å². The SMILES string of the molecule is CC(CC[N@@+]1(O)C[C@H]2CCCC[C@@H]2C(c2ccccc2)[C@H]1C(=O)NC(C)(C)C)N1C(=O)c2ccccc2C1=O. The third-order valence-corrected chi connectivity index (χ3v) is 8.99. The third kappa shape index (κ3) is 5.27. The van der Waals surface area contributed by atoms with Crippen molar-refractivity contribution in [3.63, 3.8) is 0 Å². The zero-order valence-electron chi connectivity index (χ0n) is 23.6. The summed E-state index contributed by atoms with van der Waals surface area (Å²) in [5.74, 6) is -0.208. The normalized spacial score (nSPS) is 29.5. The molecule has 2 unspecified atom stereocenters. The van der Waals surface area contributed by atoms with Crippen LogP contribution in [0.3, 0.4) is 0 Å². The Labute approximate surface area is 231 Å². The molecular formula is C32H42N3O4+. The van der Waals surface area contributed by atoms with E-state index >= 15 is 0 Å². The number of hydrogen-bond donors (Lipinski definition) is 2. The summed E-state index contributed by atoms with van der Waals surface area (Å²) < 4.78 is -0.379. The van der Waals surface area contributed by atoms with Gasteiger partial charge in [-0.1, -0.05) is 55.3 Å². The number of quaternary nitrogens is 1. The molecule has 0 aromatic heterocycles.